The molecule has 2 fully saturated rings. The molecule has 0 unspecified atom stereocenters. The third kappa shape index (κ3) is 6.70. The maximum absolute atomic E-state index is 12.7. The lowest BCUT2D eigenvalue weighted by atomic mass is 10.1. The van der Waals surface area contributed by atoms with Crippen molar-refractivity contribution in [3.8, 4) is 0 Å². The summed E-state index contributed by atoms with van der Waals surface area (Å²) in [6, 6.07) is 5.01. The van der Waals surface area contributed by atoms with Crippen LogP contribution in [0.4, 0.5) is 13.2 Å². The van der Waals surface area contributed by atoms with Crippen molar-refractivity contribution in [2.24, 2.45) is 5.16 Å². The molecule has 3 rings (SSSR count). The number of aliphatic hydroxyl groups is 1. The minimum atomic E-state index is -4.38. The molecule has 2 aliphatic rings. The third-order valence-corrected chi connectivity index (χ3v) is 5.57. The Balaban J connectivity index is 1.37. The molecule has 1 aromatic rings. The summed E-state index contributed by atoms with van der Waals surface area (Å²) < 4.78 is 38.2. The van der Waals surface area contributed by atoms with Gasteiger partial charge in [-0.05, 0) is 30.5 Å². The van der Waals surface area contributed by atoms with Crippen molar-refractivity contribution < 1.29 is 27.9 Å². The van der Waals surface area contributed by atoms with Crippen LogP contribution in [0.25, 0.3) is 0 Å². The van der Waals surface area contributed by atoms with Crippen molar-refractivity contribution in [2.75, 3.05) is 32.7 Å². The van der Waals surface area contributed by atoms with Crippen LogP contribution in [0.15, 0.2) is 29.4 Å². The van der Waals surface area contributed by atoms with Gasteiger partial charge in [0.25, 0.3) is 0 Å². The highest BCUT2D eigenvalue weighted by molar-refractivity contribution is 5.87. The van der Waals surface area contributed by atoms with Gasteiger partial charge in [-0.1, -0.05) is 17.3 Å². The molecule has 1 aromatic carbocycles. The Bertz CT molecular complexity index is 737. The molecule has 0 spiro atoms. The Hall–Kier alpha value is -2.13. The number of halogens is 3. The topological polar surface area (TPSA) is 65.4 Å². The molecule has 0 atom stereocenters. The highest BCUT2D eigenvalue weighted by Gasteiger charge is 2.30. The van der Waals surface area contributed by atoms with E-state index in [2.05, 4.69) is 10.1 Å². The van der Waals surface area contributed by atoms with Gasteiger partial charge in [-0.15, -0.1) is 0 Å². The lowest BCUT2D eigenvalue weighted by Gasteiger charge is -2.31. The molecule has 0 aliphatic carbocycles. The number of carbonyl (C=O) groups excluding carboxylic acids is 1. The van der Waals surface area contributed by atoms with Gasteiger partial charge in [0.15, 0.2) is 0 Å². The first-order valence-corrected chi connectivity index (χ1v) is 10.3. The molecule has 2 heterocycles. The molecule has 0 bridgehead atoms. The number of alkyl halides is 3. The van der Waals surface area contributed by atoms with Crippen molar-refractivity contribution in [3.05, 3.63) is 35.4 Å². The van der Waals surface area contributed by atoms with Crippen LogP contribution in [0.3, 0.4) is 0 Å². The van der Waals surface area contributed by atoms with Gasteiger partial charge in [0.05, 0.1) is 17.4 Å². The fourth-order valence-electron chi connectivity index (χ4n) is 3.70. The Morgan fingerprint density at radius 3 is 2.53 bits per heavy atom. The third-order valence-electron chi connectivity index (χ3n) is 5.57. The summed E-state index contributed by atoms with van der Waals surface area (Å²) in [5.74, 6) is 0.116. The minimum Gasteiger partial charge on any atom is -0.393 e. The summed E-state index contributed by atoms with van der Waals surface area (Å²) in [7, 11) is 0. The lowest BCUT2D eigenvalue weighted by Crippen LogP contribution is -2.42. The molecule has 0 radical (unpaired) electrons. The van der Waals surface area contributed by atoms with Gasteiger partial charge in [0.2, 0.25) is 5.91 Å². The Kier molecular flexibility index (Phi) is 7.71. The second-order valence-electron chi connectivity index (χ2n) is 7.83. The molecule has 1 amide bonds. The van der Waals surface area contributed by atoms with Crippen molar-refractivity contribution >= 4 is 11.6 Å². The molecular formula is C21H28F3N3O3. The van der Waals surface area contributed by atoms with Crippen molar-refractivity contribution in [2.45, 2.75) is 51.0 Å². The second-order valence-corrected chi connectivity index (χ2v) is 7.83. The number of hydrogen-bond acceptors (Lipinski definition) is 5. The number of likely N-dealkylation sites (tertiary alicyclic amines) is 2. The van der Waals surface area contributed by atoms with Gasteiger partial charge in [0, 0.05) is 52.0 Å². The zero-order valence-corrected chi connectivity index (χ0v) is 16.9. The first-order chi connectivity index (χ1) is 14.3. The van der Waals surface area contributed by atoms with Gasteiger partial charge in [-0.3, -0.25) is 4.79 Å². The first kappa shape index (κ1) is 22.6. The molecule has 6 nitrogen and oxygen atoms in total. The number of hydrogen-bond donors (Lipinski definition) is 1. The molecule has 2 saturated heterocycles. The van der Waals surface area contributed by atoms with E-state index in [4.69, 9.17) is 4.84 Å². The van der Waals surface area contributed by atoms with E-state index in [1.807, 2.05) is 4.90 Å². The zero-order valence-electron chi connectivity index (χ0n) is 16.9. The Labute approximate surface area is 174 Å². The monoisotopic (exact) mass is 427 g/mol. The highest BCUT2D eigenvalue weighted by Crippen LogP contribution is 2.29. The fraction of sp³-hybridized carbons (Fsp3) is 0.619. The van der Waals surface area contributed by atoms with Crippen molar-refractivity contribution in [3.63, 3.8) is 0 Å². The number of carbonyl (C=O) groups is 1. The summed E-state index contributed by atoms with van der Waals surface area (Å²) in [4.78, 5) is 21.7. The summed E-state index contributed by atoms with van der Waals surface area (Å²) in [6.07, 6.45) is -1.40. The van der Waals surface area contributed by atoms with Crippen LogP contribution in [0, 0.1) is 0 Å². The molecule has 166 valence electrons. The predicted octanol–water partition coefficient (Wildman–Crippen LogP) is 3.05. The Morgan fingerprint density at radius 1 is 1.17 bits per heavy atom. The summed E-state index contributed by atoms with van der Waals surface area (Å²) in [6.45, 7) is 3.49. The Morgan fingerprint density at radius 2 is 1.87 bits per heavy atom. The lowest BCUT2D eigenvalue weighted by molar-refractivity contribution is -0.137. The van der Waals surface area contributed by atoms with Crippen LogP contribution in [0.1, 0.15) is 43.2 Å². The van der Waals surface area contributed by atoms with Crippen LogP contribution >= 0.6 is 0 Å². The van der Waals surface area contributed by atoms with Gasteiger partial charge >= 0.3 is 6.18 Å². The number of nitrogens with zero attached hydrogens (tertiary/aromatic N) is 3. The fourth-order valence-corrected chi connectivity index (χ4v) is 3.70. The SMILES string of the molecule is O=C(CCN1CCC(O)CC1)N1CCC(=NOCc2cccc(C(F)(F)F)c2)CC1. The number of piperidine rings is 2. The van der Waals surface area contributed by atoms with Crippen LogP contribution in [-0.4, -0.2) is 65.4 Å². The van der Waals surface area contributed by atoms with E-state index < -0.39 is 11.7 Å². The number of aliphatic hydroxyl groups excluding tert-OH is 1. The quantitative estimate of drug-likeness (QED) is 0.709. The molecule has 2 aliphatic heterocycles. The summed E-state index contributed by atoms with van der Waals surface area (Å²) >= 11 is 0. The number of amides is 1. The summed E-state index contributed by atoms with van der Waals surface area (Å²) in [5, 5.41) is 13.6. The predicted molar refractivity (Wildman–Crippen MR) is 106 cm³/mol. The van der Waals surface area contributed by atoms with Crippen LogP contribution < -0.4 is 0 Å². The number of benzene rings is 1. The van der Waals surface area contributed by atoms with E-state index in [0.717, 1.165) is 43.8 Å². The van der Waals surface area contributed by atoms with Crippen LogP contribution in [0.2, 0.25) is 0 Å². The molecule has 30 heavy (non-hydrogen) atoms. The zero-order chi connectivity index (χ0) is 21.6. The van der Waals surface area contributed by atoms with Gasteiger partial charge in [0.1, 0.15) is 6.61 Å². The number of rotatable bonds is 6. The smallest absolute Gasteiger partial charge is 0.393 e. The largest absolute Gasteiger partial charge is 0.416 e. The van der Waals surface area contributed by atoms with Gasteiger partial charge in [-0.25, -0.2) is 0 Å². The van der Waals surface area contributed by atoms with E-state index in [1.54, 1.807) is 6.07 Å². The van der Waals surface area contributed by atoms with E-state index in [1.165, 1.54) is 6.07 Å². The van der Waals surface area contributed by atoms with Crippen LogP contribution in [0.5, 0.6) is 0 Å². The maximum atomic E-state index is 12.7. The highest BCUT2D eigenvalue weighted by atomic mass is 19.4. The van der Waals surface area contributed by atoms with E-state index in [0.29, 0.717) is 44.5 Å². The van der Waals surface area contributed by atoms with E-state index in [-0.39, 0.29) is 18.6 Å². The normalized spacial score (nSPS) is 19.1. The van der Waals surface area contributed by atoms with E-state index >= 15 is 0 Å². The molecule has 0 saturated carbocycles. The minimum absolute atomic E-state index is 0.0272. The van der Waals surface area contributed by atoms with Gasteiger partial charge in [-0.2, -0.15) is 13.2 Å². The average molecular weight is 427 g/mol. The van der Waals surface area contributed by atoms with Crippen molar-refractivity contribution in [1.82, 2.24) is 9.80 Å². The molecule has 0 aromatic heterocycles. The molecule has 9 heteroatoms. The standard InChI is InChI=1S/C21H28F3N3O3/c22-21(23,24)17-3-1-2-16(14-17)15-30-25-18-4-12-27(13-5-18)20(29)8-11-26-9-6-19(28)7-10-26/h1-3,14,19,28H,4-13,15H2. The second kappa shape index (κ2) is 10.3. The van der Waals surface area contributed by atoms with Crippen molar-refractivity contribution in [1.29, 1.82) is 0 Å². The van der Waals surface area contributed by atoms with E-state index in [9.17, 15) is 23.1 Å². The number of oxime groups is 1. The molecular weight excluding hydrogens is 399 g/mol. The van der Waals surface area contributed by atoms with Crippen LogP contribution in [-0.2, 0) is 22.4 Å². The summed E-state index contributed by atoms with van der Waals surface area (Å²) in [5.41, 5.74) is 0.520. The van der Waals surface area contributed by atoms with Gasteiger partial charge < -0.3 is 19.7 Å². The first-order valence-electron chi connectivity index (χ1n) is 10.3. The average Bonchev–Trinajstić information content (AvgIpc) is 2.73. The molecule has 1 N–H and O–H groups in total. The maximum Gasteiger partial charge on any atom is 0.416 e.